The summed E-state index contributed by atoms with van der Waals surface area (Å²) in [6.07, 6.45) is 6.56. The van der Waals surface area contributed by atoms with E-state index in [1.807, 2.05) is 0 Å². The van der Waals surface area contributed by atoms with Crippen molar-refractivity contribution in [2.24, 2.45) is 5.92 Å². The summed E-state index contributed by atoms with van der Waals surface area (Å²) >= 11 is 1.62. The molecular formula is C18H24N2O3S. The van der Waals surface area contributed by atoms with Gasteiger partial charge in [0.25, 0.3) is 5.56 Å². The monoisotopic (exact) mass is 348 g/mol. The number of hydrogen-bond donors (Lipinski definition) is 0. The van der Waals surface area contributed by atoms with Crippen molar-refractivity contribution >= 4 is 27.5 Å². The fraction of sp³-hybridized carbons (Fsp3) is 0.611. The molecule has 0 radical (unpaired) electrons. The number of aromatic nitrogens is 2. The Labute approximate surface area is 145 Å². The summed E-state index contributed by atoms with van der Waals surface area (Å²) in [6.45, 7) is 6.25. The van der Waals surface area contributed by atoms with Gasteiger partial charge in [-0.15, -0.1) is 11.3 Å². The molecule has 0 fully saturated rings. The van der Waals surface area contributed by atoms with E-state index in [1.54, 1.807) is 18.3 Å². The Kier molecular flexibility index (Phi) is 5.04. The molecule has 1 atom stereocenters. The normalized spacial score (nSPS) is 15.5. The van der Waals surface area contributed by atoms with Crippen LogP contribution in [0.5, 0.6) is 0 Å². The van der Waals surface area contributed by atoms with Crippen LogP contribution in [0.15, 0.2) is 11.1 Å². The highest BCUT2D eigenvalue weighted by Crippen LogP contribution is 2.33. The molecule has 1 aliphatic rings. The predicted molar refractivity (Wildman–Crippen MR) is 95.6 cm³/mol. The summed E-state index contributed by atoms with van der Waals surface area (Å²) in [4.78, 5) is 31.7. The molecule has 130 valence electrons. The van der Waals surface area contributed by atoms with Crippen LogP contribution in [-0.4, -0.2) is 22.1 Å². The van der Waals surface area contributed by atoms with Crippen molar-refractivity contribution < 1.29 is 9.53 Å². The van der Waals surface area contributed by atoms with E-state index in [0.717, 1.165) is 36.1 Å². The first-order valence-corrected chi connectivity index (χ1v) is 9.48. The van der Waals surface area contributed by atoms with Gasteiger partial charge in [0.15, 0.2) is 0 Å². The van der Waals surface area contributed by atoms with Crippen molar-refractivity contribution in [3.05, 3.63) is 27.1 Å². The van der Waals surface area contributed by atoms with E-state index < -0.39 is 6.04 Å². The molecule has 0 aromatic carbocycles. The van der Waals surface area contributed by atoms with Gasteiger partial charge in [-0.25, -0.2) is 9.78 Å². The SMILES string of the molecule is CC(C)CCOC(=O)C(C)n1cnc2sc3c(c2c1=O)CCCC3. The number of carbonyl (C=O) groups is 1. The number of aryl methyl sites for hydroxylation is 2. The Bertz CT molecular complexity index is 806. The number of hydrogen-bond acceptors (Lipinski definition) is 5. The van der Waals surface area contributed by atoms with Crippen LogP contribution in [0.25, 0.3) is 10.2 Å². The van der Waals surface area contributed by atoms with Crippen LogP contribution in [0, 0.1) is 5.92 Å². The third-order valence-corrected chi connectivity index (χ3v) is 5.80. The average molecular weight is 348 g/mol. The number of esters is 1. The fourth-order valence-corrected chi connectivity index (χ4v) is 4.28. The van der Waals surface area contributed by atoms with Gasteiger partial charge in [0.05, 0.1) is 18.3 Å². The predicted octanol–water partition coefficient (Wildman–Crippen LogP) is 3.49. The van der Waals surface area contributed by atoms with Crippen molar-refractivity contribution in [2.75, 3.05) is 6.61 Å². The molecule has 0 saturated heterocycles. The third kappa shape index (κ3) is 3.24. The van der Waals surface area contributed by atoms with Gasteiger partial charge in [-0.3, -0.25) is 9.36 Å². The molecule has 0 saturated carbocycles. The lowest BCUT2D eigenvalue weighted by molar-refractivity contribution is -0.147. The molecule has 2 aromatic rings. The van der Waals surface area contributed by atoms with Crippen molar-refractivity contribution in [1.29, 1.82) is 0 Å². The molecule has 2 heterocycles. The van der Waals surface area contributed by atoms with Crippen molar-refractivity contribution in [3.8, 4) is 0 Å². The lowest BCUT2D eigenvalue weighted by Crippen LogP contribution is -2.30. The maximum Gasteiger partial charge on any atom is 0.328 e. The summed E-state index contributed by atoms with van der Waals surface area (Å²) in [7, 11) is 0. The van der Waals surface area contributed by atoms with E-state index in [-0.39, 0.29) is 11.5 Å². The summed E-state index contributed by atoms with van der Waals surface area (Å²) in [5, 5.41) is 0.707. The summed E-state index contributed by atoms with van der Waals surface area (Å²) in [6, 6.07) is -0.652. The zero-order valence-corrected chi connectivity index (χ0v) is 15.3. The zero-order chi connectivity index (χ0) is 17.3. The highest BCUT2D eigenvalue weighted by atomic mass is 32.1. The number of ether oxygens (including phenoxy) is 1. The minimum atomic E-state index is -0.652. The van der Waals surface area contributed by atoms with Gasteiger partial charge in [-0.05, 0) is 50.5 Å². The first-order valence-electron chi connectivity index (χ1n) is 8.67. The molecule has 3 rings (SSSR count). The molecule has 1 aliphatic carbocycles. The lowest BCUT2D eigenvalue weighted by atomic mass is 9.97. The highest BCUT2D eigenvalue weighted by molar-refractivity contribution is 7.18. The van der Waals surface area contributed by atoms with Crippen LogP contribution in [0.3, 0.4) is 0 Å². The van der Waals surface area contributed by atoms with E-state index in [0.29, 0.717) is 17.9 Å². The van der Waals surface area contributed by atoms with Crippen molar-refractivity contribution in [3.63, 3.8) is 0 Å². The molecule has 0 amide bonds. The Hall–Kier alpha value is -1.69. The average Bonchev–Trinajstić information content (AvgIpc) is 2.93. The second-order valence-corrected chi connectivity index (χ2v) is 7.96. The van der Waals surface area contributed by atoms with E-state index in [9.17, 15) is 9.59 Å². The van der Waals surface area contributed by atoms with E-state index in [4.69, 9.17) is 4.74 Å². The molecular weight excluding hydrogens is 324 g/mol. The van der Waals surface area contributed by atoms with Gasteiger partial charge < -0.3 is 4.74 Å². The Morgan fingerprint density at radius 2 is 2.08 bits per heavy atom. The fourth-order valence-electron chi connectivity index (χ4n) is 3.06. The van der Waals surface area contributed by atoms with E-state index in [2.05, 4.69) is 18.8 Å². The van der Waals surface area contributed by atoms with Crippen LogP contribution in [0.4, 0.5) is 0 Å². The molecule has 0 N–H and O–H groups in total. The van der Waals surface area contributed by atoms with Crippen LogP contribution in [0.2, 0.25) is 0 Å². The zero-order valence-electron chi connectivity index (χ0n) is 14.5. The maximum absolute atomic E-state index is 12.9. The molecule has 6 heteroatoms. The second-order valence-electron chi connectivity index (χ2n) is 6.87. The van der Waals surface area contributed by atoms with Crippen LogP contribution < -0.4 is 5.56 Å². The third-order valence-electron chi connectivity index (χ3n) is 4.60. The van der Waals surface area contributed by atoms with Crippen LogP contribution in [-0.2, 0) is 22.4 Å². The number of nitrogens with zero attached hydrogens (tertiary/aromatic N) is 2. The second kappa shape index (κ2) is 7.05. The minimum absolute atomic E-state index is 0.118. The first-order chi connectivity index (χ1) is 11.5. The van der Waals surface area contributed by atoms with E-state index in [1.165, 1.54) is 22.2 Å². The quantitative estimate of drug-likeness (QED) is 0.776. The molecule has 0 aliphatic heterocycles. The number of carbonyl (C=O) groups excluding carboxylic acids is 1. The van der Waals surface area contributed by atoms with Gasteiger partial charge in [0, 0.05) is 4.88 Å². The Morgan fingerprint density at radius 3 is 2.83 bits per heavy atom. The van der Waals surface area contributed by atoms with E-state index >= 15 is 0 Å². The maximum atomic E-state index is 12.9. The number of rotatable bonds is 5. The van der Waals surface area contributed by atoms with Crippen LogP contribution in [0.1, 0.15) is 56.5 Å². The van der Waals surface area contributed by atoms with Crippen molar-refractivity contribution in [2.45, 2.75) is 58.9 Å². The smallest absolute Gasteiger partial charge is 0.328 e. The van der Waals surface area contributed by atoms with Crippen molar-refractivity contribution in [1.82, 2.24) is 9.55 Å². The Morgan fingerprint density at radius 1 is 1.33 bits per heavy atom. The van der Waals surface area contributed by atoms with Gasteiger partial charge >= 0.3 is 5.97 Å². The largest absolute Gasteiger partial charge is 0.464 e. The van der Waals surface area contributed by atoms with Gasteiger partial charge in [0.2, 0.25) is 0 Å². The standard InChI is InChI=1S/C18H24N2O3S/c1-11(2)8-9-23-18(22)12(3)20-10-19-16-15(17(20)21)13-6-4-5-7-14(13)24-16/h10-12H,4-9H2,1-3H3. The summed E-state index contributed by atoms with van der Waals surface area (Å²) in [5.74, 6) is 0.106. The Balaban J connectivity index is 1.88. The number of thiophene rings is 1. The molecule has 0 spiro atoms. The topological polar surface area (TPSA) is 61.2 Å². The molecule has 2 aromatic heterocycles. The van der Waals surface area contributed by atoms with Gasteiger partial charge in [-0.2, -0.15) is 0 Å². The molecule has 5 nitrogen and oxygen atoms in total. The number of fused-ring (bicyclic) bond motifs is 3. The molecule has 24 heavy (non-hydrogen) atoms. The highest BCUT2D eigenvalue weighted by Gasteiger charge is 2.23. The van der Waals surface area contributed by atoms with Crippen LogP contribution >= 0.6 is 11.3 Å². The summed E-state index contributed by atoms with van der Waals surface area (Å²) in [5.41, 5.74) is 1.03. The van der Waals surface area contributed by atoms with Gasteiger partial charge in [-0.1, -0.05) is 13.8 Å². The first kappa shape index (κ1) is 17.1. The minimum Gasteiger partial charge on any atom is -0.464 e. The lowest BCUT2D eigenvalue weighted by Gasteiger charge is -2.15. The molecule has 1 unspecified atom stereocenters. The summed E-state index contributed by atoms with van der Waals surface area (Å²) < 4.78 is 6.72. The van der Waals surface area contributed by atoms with Gasteiger partial charge in [0.1, 0.15) is 10.9 Å². The molecule has 0 bridgehead atoms.